The van der Waals surface area contributed by atoms with Crippen LogP contribution in [0.1, 0.15) is 37.4 Å². The molecule has 1 fully saturated rings. The van der Waals surface area contributed by atoms with Gasteiger partial charge < -0.3 is 9.64 Å². The quantitative estimate of drug-likeness (QED) is 0.790. The molecule has 1 aromatic heterocycles. The van der Waals surface area contributed by atoms with Gasteiger partial charge >= 0.3 is 0 Å². The lowest BCUT2D eigenvalue weighted by Crippen LogP contribution is -2.35. The number of aromatic nitrogens is 3. The average molecular weight is 290 g/mol. The fraction of sp³-hybridized carbons (Fsp3) is 0.667. The summed E-state index contributed by atoms with van der Waals surface area (Å²) in [6.07, 6.45) is 10.1. The first-order valence-corrected chi connectivity index (χ1v) is 7.61. The predicted octanol–water partition coefficient (Wildman–Crippen LogP) is 1.55. The molecule has 0 spiro atoms. The number of rotatable bonds is 4. The van der Waals surface area contributed by atoms with Gasteiger partial charge in [-0.1, -0.05) is 17.4 Å². The number of ether oxygens (including phenoxy) is 1. The highest BCUT2D eigenvalue weighted by Gasteiger charge is 2.31. The highest BCUT2D eigenvalue weighted by molar-refractivity contribution is 5.79. The highest BCUT2D eigenvalue weighted by atomic mass is 16.5. The second-order valence-electron chi connectivity index (χ2n) is 5.83. The third kappa shape index (κ3) is 3.15. The first-order valence-electron chi connectivity index (χ1n) is 7.61. The molecule has 0 radical (unpaired) electrons. The van der Waals surface area contributed by atoms with Gasteiger partial charge in [0.25, 0.3) is 0 Å². The van der Waals surface area contributed by atoms with E-state index in [1.807, 2.05) is 15.8 Å². The number of likely N-dealkylation sites (tertiary alicyclic amines) is 1. The summed E-state index contributed by atoms with van der Waals surface area (Å²) in [4.78, 5) is 14.5. The van der Waals surface area contributed by atoms with Crippen molar-refractivity contribution < 1.29 is 9.53 Å². The van der Waals surface area contributed by atoms with Gasteiger partial charge in [-0.05, 0) is 25.7 Å². The van der Waals surface area contributed by atoms with Gasteiger partial charge in [-0.15, -0.1) is 5.10 Å². The van der Waals surface area contributed by atoms with Crippen LogP contribution in [0, 0.1) is 5.92 Å². The number of nitrogens with zero attached hydrogens (tertiary/aromatic N) is 4. The molecule has 0 bridgehead atoms. The summed E-state index contributed by atoms with van der Waals surface area (Å²) in [5.74, 6) is 0.479. The predicted molar refractivity (Wildman–Crippen MR) is 77.5 cm³/mol. The van der Waals surface area contributed by atoms with Crippen molar-refractivity contribution in [3.05, 3.63) is 24.0 Å². The van der Waals surface area contributed by atoms with Gasteiger partial charge in [0.2, 0.25) is 5.91 Å². The first-order chi connectivity index (χ1) is 10.3. The van der Waals surface area contributed by atoms with Gasteiger partial charge in [0.05, 0.1) is 18.8 Å². The summed E-state index contributed by atoms with van der Waals surface area (Å²) in [7, 11) is 1.65. The minimum absolute atomic E-state index is 0.175. The van der Waals surface area contributed by atoms with E-state index in [2.05, 4.69) is 22.5 Å². The van der Waals surface area contributed by atoms with Crippen LogP contribution in [0.15, 0.2) is 18.3 Å². The third-order valence-electron chi connectivity index (χ3n) is 4.32. The minimum Gasteiger partial charge on any atom is -0.378 e. The fourth-order valence-electron chi connectivity index (χ4n) is 3.14. The molecular weight excluding hydrogens is 268 g/mol. The maximum Gasteiger partial charge on any atom is 0.226 e. The second-order valence-corrected chi connectivity index (χ2v) is 5.83. The van der Waals surface area contributed by atoms with Crippen LogP contribution in [0.25, 0.3) is 0 Å². The van der Waals surface area contributed by atoms with Crippen molar-refractivity contribution in [3.8, 4) is 0 Å². The van der Waals surface area contributed by atoms with Gasteiger partial charge in [-0.2, -0.15) is 0 Å². The summed E-state index contributed by atoms with van der Waals surface area (Å²) in [6.45, 7) is 2.04. The molecule has 1 aromatic rings. The monoisotopic (exact) mass is 290 g/mol. The van der Waals surface area contributed by atoms with E-state index in [0.29, 0.717) is 12.5 Å². The molecule has 114 valence electrons. The Morgan fingerprint density at radius 2 is 2.33 bits per heavy atom. The molecule has 1 amide bonds. The van der Waals surface area contributed by atoms with E-state index in [9.17, 15) is 4.79 Å². The van der Waals surface area contributed by atoms with E-state index in [-0.39, 0.29) is 12.0 Å². The van der Waals surface area contributed by atoms with Crippen LogP contribution < -0.4 is 0 Å². The van der Waals surface area contributed by atoms with Gasteiger partial charge in [0, 0.05) is 26.1 Å². The number of hydrogen-bond acceptors (Lipinski definition) is 4. The standard InChI is InChI=1S/C15H22N4O2/c1-21-11-13-9-19(17-16-13)14-7-8-18(10-14)15(20)12-5-3-2-4-6-12/h2-3,9,12,14H,4-8,10-11H2,1H3/t12-,14+/m0/s1. The second kappa shape index (κ2) is 6.39. The van der Waals surface area contributed by atoms with E-state index in [1.54, 1.807) is 7.11 Å². The molecule has 1 aliphatic heterocycles. The Hall–Kier alpha value is -1.69. The molecule has 2 heterocycles. The van der Waals surface area contributed by atoms with Gasteiger partial charge in [0.15, 0.2) is 0 Å². The molecule has 1 saturated heterocycles. The van der Waals surface area contributed by atoms with Crippen LogP contribution in [0.5, 0.6) is 0 Å². The zero-order chi connectivity index (χ0) is 14.7. The maximum atomic E-state index is 12.5. The van der Waals surface area contributed by atoms with E-state index >= 15 is 0 Å². The molecule has 6 nitrogen and oxygen atoms in total. The van der Waals surface area contributed by atoms with Crippen molar-refractivity contribution >= 4 is 5.91 Å². The van der Waals surface area contributed by atoms with Crippen LogP contribution >= 0.6 is 0 Å². The topological polar surface area (TPSA) is 60.2 Å². The molecule has 0 N–H and O–H groups in total. The van der Waals surface area contributed by atoms with Gasteiger partial charge in [-0.25, -0.2) is 4.68 Å². The Labute approximate surface area is 124 Å². The van der Waals surface area contributed by atoms with E-state index in [0.717, 1.165) is 44.5 Å². The number of carbonyl (C=O) groups excluding carboxylic acids is 1. The SMILES string of the molecule is COCc1cn([C@@H]2CCN(C(=O)[C@H]3CC=CCC3)C2)nn1. The minimum atomic E-state index is 0.175. The maximum absolute atomic E-state index is 12.5. The van der Waals surface area contributed by atoms with Crippen LogP contribution in [0.3, 0.4) is 0 Å². The zero-order valence-corrected chi connectivity index (χ0v) is 12.4. The van der Waals surface area contributed by atoms with Crippen molar-refractivity contribution in [1.29, 1.82) is 0 Å². The van der Waals surface area contributed by atoms with E-state index in [1.165, 1.54) is 0 Å². The van der Waals surface area contributed by atoms with Crippen LogP contribution in [-0.4, -0.2) is 46.0 Å². The Balaban J connectivity index is 1.59. The number of allylic oxidation sites excluding steroid dienone is 2. The Bertz CT molecular complexity index is 525. The molecule has 0 saturated carbocycles. The highest BCUT2D eigenvalue weighted by Crippen LogP contribution is 2.26. The molecule has 6 heteroatoms. The Morgan fingerprint density at radius 1 is 1.43 bits per heavy atom. The Morgan fingerprint density at radius 3 is 3.10 bits per heavy atom. The lowest BCUT2D eigenvalue weighted by Gasteiger charge is -2.24. The zero-order valence-electron chi connectivity index (χ0n) is 12.4. The lowest BCUT2D eigenvalue weighted by atomic mass is 9.93. The van der Waals surface area contributed by atoms with Crippen molar-refractivity contribution in [3.63, 3.8) is 0 Å². The van der Waals surface area contributed by atoms with Crippen molar-refractivity contribution in [1.82, 2.24) is 19.9 Å². The van der Waals surface area contributed by atoms with E-state index < -0.39 is 0 Å². The van der Waals surface area contributed by atoms with E-state index in [4.69, 9.17) is 4.74 Å². The van der Waals surface area contributed by atoms with Crippen LogP contribution in [-0.2, 0) is 16.1 Å². The number of hydrogen-bond donors (Lipinski definition) is 0. The third-order valence-corrected chi connectivity index (χ3v) is 4.32. The molecule has 0 aromatic carbocycles. The molecule has 3 rings (SSSR count). The normalized spacial score (nSPS) is 25.5. The van der Waals surface area contributed by atoms with Gasteiger partial charge in [0.1, 0.15) is 5.69 Å². The van der Waals surface area contributed by atoms with Crippen LogP contribution in [0.4, 0.5) is 0 Å². The summed E-state index contributed by atoms with van der Waals surface area (Å²) in [6, 6.07) is 0.242. The summed E-state index contributed by atoms with van der Waals surface area (Å²) in [5.41, 5.74) is 0.833. The summed E-state index contributed by atoms with van der Waals surface area (Å²) >= 11 is 0. The smallest absolute Gasteiger partial charge is 0.226 e. The first kappa shape index (κ1) is 14.3. The molecule has 1 aliphatic carbocycles. The molecule has 2 aliphatic rings. The summed E-state index contributed by atoms with van der Waals surface area (Å²) < 4.78 is 6.93. The average Bonchev–Trinajstić information content (AvgIpc) is 3.16. The van der Waals surface area contributed by atoms with Crippen molar-refractivity contribution in [2.24, 2.45) is 5.92 Å². The molecular formula is C15H22N4O2. The number of carbonyl (C=O) groups is 1. The molecule has 21 heavy (non-hydrogen) atoms. The van der Waals surface area contributed by atoms with Crippen molar-refractivity contribution in [2.75, 3.05) is 20.2 Å². The largest absolute Gasteiger partial charge is 0.378 e. The Kier molecular flexibility index (Phi) is 4.34. The van der Waals surface area contributed by atoms with Gasteiger partial charge in [-0.3, -0.25) is 4.79 Å². The fourth-order valence-corrected chi connectivity index (χ4v) is 3.14. The summed E-state index contributed by atoms with van der Waals surface area (Å²) in [5, 5.41) is 8.25. The number of methoxy groups -OCH3 is 1. The van der Waals surface area contributed by atoms with Crippen LogP contribution in [0.2, 0.25) is 0 Å². The van der Waals surface area contributed by atoms with Crippen molar-refractivity contribution in [2.45, 2.75) is 38.3 Å². The lowest BCUT2D eigenvalue weighted by molar-refractivity contribution is -0.134. The molecule has 0 unspecified atom stereocenters. The molecule has 2 atom stereocenters. The number of amides is 1.